The second kappa shape index (κ2) is 11.2. The summed E-state index contributed by atoms with van der Waals surface area (Å²) in [4.78, 5) is 27.6. The van der Waals surface area contributed by atoms with Crippen molar-refractivity contribution in [2.75, 3.05) is 13.7 Å². The van der Waals surface area contributed by atoms with Crippen molar-refractivity contribution >= 4 is 11.8 Å². The van der Waals surface area contributed by atoms with E-state index in [0.29, 0.717) is 17.9 Å². The Balaban J connectivity index is 2.24. The summed E-state index contributed by atoms with van der Waals surface area (Å²) in [5.41, 5.74) is 1.84. The molecule has 162 valence electrons. The van der Waals surface area contributed by atoms with Crippen molar-refractivity contribution in [2.24, 2.45) is 0 Å². The van der Waals surface area contributed by atoms with E-state index in [1.165, 1.54) is 0 Å². The zero-order chi connectivity index (χ0) is 22.1. The predicted octanol–water partition coefficient (Wildman–Crippen LogP) is 3.71. The van der Waals surface area contributed by atoms with Crippen LogP contribution < -0.4 is 14.8 Å². The fourth-order valence-electron chi connectivity index (χ4n) is 3.21. The monoisotopic (exact) mass is 412 g/mol. The van der Waals surface area contributed by atoms with Crippen molar-refractivity contribution in [3.63, 3.8) is 0 Å². The summed E-state index contributed by atoms with van der Waals surface area (Å²) in [6, 6.07) is 14.4. The van der Waals surface area contributed by atoms with Crippen molar-refractivity contribution in [3.05, 3.63) is 59.7 Å². The smallest absolute Gasteiger partial charge is 0.261 e. The third kappa shape index (κ3) is 6.51. The molecule has 0 aliphatic carbocycles. The molecule has 0 heterocycles. The highest BCUT2D eigenvalue weighted by Crippen LogP contribution is 2.19. The molecule has 6 nitrogen and oxygen atoms in total. The van der Waals surface area contributed by atoms with E-state index in [1.807, 2.05) is 76.2 Å². The fourth-order valence-corrected chi connectivity index (χ4v) is 3.21. The van der Waals surface area contributed by atoms with Gasteiger partial charge in [0.25, 0.3) is 5.91 Å². The van der Waals surface area contributed by atoms with Gasteiger partial charge in [0.15, 0.2) is 6.61 Å². The van der Waals surface area contributed by atoms with Crippen LogP contribution in [-0.2, 0) is 16.1 Å². The first-order valence-corrected chi connectivity index (χ1v) is 10.3. The first-order valence-electron chi connectivity index (χ1n) is 10.3. The van der Waals surface area contributed by atoms with E-state index in [2.05, 4.69) is 5.32 Å². The zero-order valence-electron chi connectivity index (χ0n) is 18.5. The molecule has 1 unspecified atom stereocenters. The van der Waals surface area contributed by atoms with Crippen molar-refractivity contribution in [1.82, 2.24) is 10.2 Å². The van der Waals surface area contributed by atoms with Crippen LogP contribution in [0.2, 0.25) is 0 Å². The Hall–Kier alpha value is -3.02. The van der Waals surface area contributed by atoms with Crippen molar-refractivity contribution in [1.29, 1.82) is 0 Å². The van der Waals surface area contributed by atoms with Crippen LogP contribution in [0.4, 0.5) is 0 Å². The number of nitrogens with one attached hydrogen (secondary N) is 1. The topological polar surface area (TPSA) is 67.9 Å². The van der Waals surface area contributed by atoms with Gasteiger partial charge in [-0.05, 0) is 56.5 Å². The zero-order valence-corrected chi connectivity index (χ0v) is 18.5. The molecule has 2 amide bonds. The Morgan fingerprint density at radius 1 is 1.10 bits per heavy atom. The van der Waals surface area contributed by atoms with E-state index < -0.39 is 6.04 Å². The lowest BCUT2D eigenvalue weighted by Gasteiger charge is -2.31. The van der Waals surface area contributed by atoms with Gasteiger partial charge in [-0.25, -0.2) is 0 Å². The average molecular weight is 413 g/mol. The van der Waals surface area contributed by atoms with Crippen molar-refractivity contribution in [2.45, 2.75) is 52.7 Å². The molecule has 0 radical (unpaired) electrons. The molecule has 1 atom stereocenters. The quantitative estimate of drug-likeness (QED) is 0.646. The molecule has 0 saturated heterocycles. The van der Waals surface area contributed by atoms with Crippen LogP contribution in [-0.4, -0.2) is 42.5 Å². The third-order valence-electron chi connectivity index (χ3n) is 4.75. The highest BCUT2D eigenvalue weighted by Gasteiger charge is 2.29. The Kier molecular flexibility index (Phi) is 8.71. The average Bonchev–Trinajstić information content (AvgIpc) is 2.72. The molecular weight excluding hydrogens is 380 g/mol. The number of carbonyl (C=O) groups excluding carboxylic acids is 2. The summed E-state index contributed by atoms with van der Waals surface area (Å²) in [5, 5.41) is 2.92. The molecule has 6 heteroatoms. The number of ether oxygens (including phenoxy) is 2. The first-order chi connectivity index (χ1) is 14.3. The molecule has 0 aromatic heterocycles. The van der Waals surface area contributed by atoms with Crippen molar-refractivity contribution in [3.8, 4) is 11.5 Å². The van der Waals surface area contributed by atoms with Crippen LogP contribution >= 0.6 is 0 Å². The van der Waals surface area contributed by atoms with Gasteiger partial charge in [0.1, 0.15) is 17.5 Å². The maximum absolute atomic E-state index is 13.2. The Labute approximate surface area is 179 Å². The van der Waals surface area contributed by atoms with Gasteiger partial charge in [-0.2, -0.15) is 0 Å². The second-order valence-electron chi connectivity index (χ2n) is 7.51. The van der Waals surface area contributed by atoms with Crippen molar-refractivity contribution < 1.29 is 19.1 Å². The van der Waals surface area contributed by atoms with E-state index in [9.17, 15) is 9.59 Å². The summed E-state index contributed by atoms with van der Waals surface area (Å²) in [6.45, 7) is 7.79. The van der Waals surface area contributed by atoms with Crippen LogP contribution in [0.15, 0.2) is 48.5 Å². The van der Waals surface area contributed by atoms with Crippen LogP contribution in [0.1, 0.15) is 38.3 Å². The number of aryl methyl sites for hydroxylation is 1. The van der Waals surface area contributed by atoms with E-state index in [0.717, 1.165) is 11.1 Å². The summed E-state index contributed by atoms with van der Waals surface area (Å²) >= 11 is 0. The molecule has 0 fully saturated rings. The first kappa shape index (κ1) is 23.3. The van der Waals surface area contributed by atoms with E-state index in [1.54, 1.807) is 12.0 Å². The number of amides is 2. The summed E-state index contributed by atoms with van der Waals surface area (Å²) in [7, 11) is 1.60. The molecule has 0 spiro atoms. The molecule has 0 bridgehead atoms. The maximum atomic E-state index is 13.2. The molecule has 30 heavy (non-hydrogen) atoms. The Bertz CT molecular complexity index is 851. The maximum Gasteiger partial charge on any atom is 0.261 e. The van der Waals surface area contributed by atoms with Gasteiger partial charge in [-0.1, -0.05) is 37.3 Å². The number of methoxy groups -OCH3 is 1. The molecular formula is C24H32N2O4. The van der Waals surface area contributed by atoms with Gasteiger partial charge in [0, 0.05) is 12.6 Å². The van der Waals surface area contributed by atoms with Gasteiger partial charge >= 0.3 is 0 Å². The third-order valence-corrected chi connectivity index (χ3v) is 4.75. The van der Waals surface area contributed by atoms with Crippen LogP contribution in [0.3, 0.4) is 0 Å². The number of benzene rings is 2. The minimum atomic E-state index is -0.591. The Morgan fingerprint density at radius 3 is 2.47 bits per heavy atom. The van der Waals surface area contributed by atoms with Crippen LogP contribution in [0.5, 0.6) is 11.5 Å². The van der Waals surface area contributed by atoms with Crippen LogP contribution in [0.25, 0.3) is 0 Å². The highest BCUT2D eigenvalue weighted by atomic mass is 16.5. The normalized spacial score (nSPS) is 11.7. The molecule has 0 aliphatic heterocycles. The standard InChI is InChI=1S/C24H32N2O4/c1-6-21(24(28)25-17(2)3)26(15-19-11-9-12-20(14-19)29-5)23(27)16-30-22-13-8-7-10-18(22)4/h7-14,17,21H,6,15-16H2,1-5H3,(H,25,28). The lowest BCUT2D eigenvalue weighted by molar-refractivity contribution is -0.143. The minimum absolute atomic E-state index is 0.0106. The molecule has 2 aromatic rings. The fraction of sp³-hybridized carbons (Fsp3) is 0.417. The molecule has 2 aromatic carbocycles. The molecule has 0 aliphatic rings. The SMILES string of the molecule is CCC(C(=O)NC(C)C)N(Cc1cccc(OC)c1)C(=O)COc1ccccc1C. The molecule has 1 N–H and O–H groups in total. The van der Waals surface area contributed by atoms with E-state index in [-0.39, 0.29) is 31.0 Å². The van der Waals surface area contributed by atoms with E-state index >= 15 is 0 Å². The number of carbonyl (C=O) groups is 2. The lowest BCUT2D eigenvalue weighted by Crippen LogP contribution is -2.51. The lowest BCUT2D eigenvalue weighted by atomic mass is 10.1. The van der Waals surface area contributed by atoms with Gasteiger partial charge < -0.3 is 19.7 Å². The minimum Gasteiger partial charge on any atom is -0.497 e. The number of rotatable bonds is 10. The number of hydrogen-bond donors (Lipinski definition) is 1. The number of nitrogens with zero attached hydrogens (tertiary/aromatic N) is 1. The summed E-state index contributed by atoms with van der Waals surface area (Å²) in [5.74, 6) is 0.953. The number of para-hydroxylation sites is 1. The summed E-state index contributed by atoms with van der Waals surface area (Å²) in [6.07, 6.45) is 0.499. The van der Waals surface area contributed by atoms with Gasteiger partial charge in [-0.15, -0.1) is 0 Å². The van der Waals surface area contributed by atoms with Gasteiger partial charge in [0.05, 0.1) is 7.11 Å². The van der Waals surface area contributed by atoms with Gasteiger partial charge in [-0.3, -0.25) is 9.59 Å². The van der Waals surface area contributed by atoms with E-state index in [4.69, 9.17) is 9.47 Å². The molecule has 0 saturated carbocycles. The second-order valence-corrected chi connectivity index (χ2v) is 7.51. The largest absolute Gasteiger partial charge is 0.497 e. The predicted molar refractivity (Wildman–Crippen MR) is 118 cm³/mol. The highest BCUT2D eigenvalue weighted by molar-refractivity contribution is 5.88. The van der Waals surface area contributed by atoms with Crippen LogP contribution in [0, 0.1) is 6.92 Å². The van der Waals surface area contributed by atoms with Gasteiger partial charge in [0.2, 0.25) is 5.91 Å². The Morgan fingerprint density at radius 2 is 1.83 bits per heavy atom. The number of hydrogen-bond acceptors (Lipinski definition) is 4. The molecule has 2 rings (SSSR count). The summed E-state index contributed by atoms with van der Waals surface area (Å²) < 4.78 is 11.1.